The molecule has 0 fully saturated rings. The van der Waals surface area contributed by atoms with Gasteiger partial charge in [0.1, 0.15) is 11.4 Å². The fraction of sp³-hybridized carbons (Fsp3) is 0.379. The molecule has 5 rings (SSSR count). The summed E-state index contributed by atoms with van der Waals surface area (Å²) in [5.74, 6) is 0.603. The van der Waals surface area contributed by atoms with Gasteiger partial charge in [-0.05, 0) is 38.7 Å². The van der Waals surface area contributed by atoms with Crippen molar-refractivity contribution in [3.63, 3.8) is 0 Å². The number of carbonyl (C=O) groups excluding carboxylic acids is 2. The Bertz CT molecular complexity index is 1660. The Kier molecular flexibility index (Phi) is 7.67. The van der Waals surface area contributed by atoms with Gasteiger partial charge in [0.05, 0.1) is 43.6 Å². The Balaban J connectivity index is 1.61. The van der Waals surface area contributed by atoms with E-state index in [1.165, 1.54) is 21.3 Å². The third-order valence-corrected chi connectivity index (χ3v) is 7.89. The summed E-state index contributed by atoms with van der Waals surface area (Å²) in [6.07, 6.45) is 0. The molecule has 4 N–H and O–H groups in total. The number of methoxy groups -OCH3 is 3. The molecule has 2 aromatic heterocycles. The number of rotatable bonds is 9. The molecule has 0 saturated carbocycles. The number of hydrogen-bond acceptors (Lipinski definition) is 7. The Labute approximate surface area is 242 Å². The lowest BCUT2D eigenvalue weighted by molar-refractivity contribution is 0.0950. The molecule has 11 nitrogen and oxygen atoms in total. The van der Waals surface area contributed by atoms with Crippen molar-refractivity contribution in [2.45, 2.75) is 12.8 Å². The number of nitrogens with one attached hydrogen (secondary N) is 3. The quantitative estimate of drug-likeness (QED) is 0.219. The molecule has 1 aliphatic heterocycles. The zero-order valence-corrected chi connectivity index (χ0v) is 24.7. The maximum Gasteiger partial charge on any atom is 0.274 e. The maximum atomic E-state index is 14.0. The van der Waals surface area contributed by atoms with Crippen molar-refractivity contribution in [3.8, 4) is 23.0 Å². The molecule has 0 radical (unpaired) electrons. The topological polar surface area (TPSA) is 132 Å². The Hall–Kier alpha value is -4.09. The van der Waals surface area contributed by atoms with Gasteiger partial charge in [-0.15, -0.1) is 11.6 Å². The smallest absolute Gasteiger partial charge is 0.274 e. The molecule has 0 unspecified atom stereocenters. The van der Waals surface area contributed by atoms with E-state index in [1.807, 2.05) is 19.0 Å². The van der Waals surface area contributed by atoms with Crippen LogP contribution in [0.25, 0.3) is 21.8 Å². The molecule has 4 aromatic rings. The van der Waals surface area contributed by atoms with Crippen LogP contribution in [0.1, 0.15) is 38.0 Å². The molecule has 3 heterocycles. The second-order valence-corrected chi connectivity index (χ2v) is 10.6. The van der Waals surface area contributed by atoms with E-state index in [0.29, 0.717) is 74.8 Å². The molecular formula is C29H34ClN5O6. The number of aryl methyl sites for hydroxylation is 1. The van der Waals surface area contributed by atoms with Crippen molar-refractivity contribution in [1.82, 2.24) is 20.2 Å². The van der Waals surface area contributed by atoms with E-state index in [1.54, 1.807) is 30.0 Å². The first-order chi connectivity index (χ1) is 19.6. The van der Waals surface area contributed by atoms with Crippen molar-refractivity contribution in [3.05, 3.63) is 40.7 Å². The van der Waals surface area contributed by atoms with Crippen LogP contribution in [0.5, 0.6) is 23.0 Å². The van der Waals surface area contributed by atoms with Gasteiger partial charge in [0, 0.05) is 54.0 Å². The van der Waals surface area contributed by atoms with Crippen molar-refractivity contribution < 1.29 is 28.9 Å². The summed E-state index contributed by atoms with van der Waals surface area (Å²) in [4.78, 5) is 37.3. The molecule has 1 aliphatic rings. The maximum absolute atomic E-state index is 14.0. The van der Waals surface area contributed by atoms with Gasteiger partial charge in [-0.1, -0.05) is 0 Å². The van der Waals surface area contributed by atoms with Crippen LogP contribution >= 0.6 is 11.6 Å². The first-order valence-electron chi connectivity index (χ1n) is 13.2. The fourth-order valence-electron chi connectivity index (χ4n) is 5.63. The first kappa shape index (κ1) is 28.4. The van der Waals surface area contributed by atoms with Crippen molar-refractivity contribution in [2.75, 3.05) is 65.8 Å². The van der Waals surface area contributed by atoms with Crippen molar-refractivity contribution >= 4 is 50.9 Å². The van der Waals surface area contributed by atoms with Crippen LogP contribution in [0, 0.1) is 6.92 Å². The SMILES string of the molecule is COc1cc2cc(C(=O)N3C[C@@H](CCl)c4c3cc(O)c3[nH]c(C)c(C(=O)NCCN(C)C)c43)[nH]c2c(OC)c1OC. The lowest BCUT2D eigenvalue weighted by Gasteiger charge is -2.17. The average Bonchev–Trinajstić information content (AvgIpc) is 3.64. The van der Waals surface area contributed by atoms with Gasteiger partial charge < -0.3 is 44.4 Å². The molecule has 0 spiro atoms. The van der Waals surface area contributed by atoms with Crippen LogP contribution in [0.2, 0.25) is 0 Å². The predicted molar refractivity (Wildman–Crippen MR) is 159 cm³/mol. The molecule has 2 aromatic carbocycles. The summed E-state index contributed by atoms with van der Waals surface area (Å²) in [5, 5.41) is 15.3. The fourth-order valence-corrected chi connectivity index (χ4v) is 5.88. The number of phenolic OH excluding ortho intramolecular Hbond substituents is 1. The number of fused-ring (bicyclic) bond motifs is 4. The minimum absolute atomic E-state index is 0.0602. The highest BCUT2D eigenvalue weighted by Gasteiger charge is 2.38. The van der Waals surface area contributed by atoms with Crippen molar-refractivity contribution in [2.24, 2.45) is 0 Å². The third-order valence-electron chi connectivity index (χ3n) is 7.52. The zero-order valence-electron chi connectivity index (χ0n) is 23.9. The predicted octanol–water partition coefficient (Wildman–Crippen LogP) is 3.96. The first-order valence-corrected chi connectivity index (χ1v) is 13.7. The Morgan fingerprint density at radius 3 is 2.46 bits per heavy atom. The summed E-state index contributed by atoms with van der Waals surface area (Å²) < 4.78 is 16.5. The van der Waals surface area contributed by atoms with E-state index in [2.05, 4.69) is 15.3 Å². The third kappa shape index (κ3) is 4.68. The van der Waals surface area contributed by atoms with Crippen LogP contribution in [-0.4, -0.2) is 92.7 Å². The number of anilines is 1. The van der Waals surface area contributed by atoms with E-state index in [-0.39, 0.29) is 35.9 Å². The van der Waals surface area contributed by atoms with Gasteiger partial charge in [0.15, 0.2) is 11.5 Å². The highest BCUT2D eigenvalue weighted by atomic mass is 35.5. The second-order valence-electron chi connectivity index (χ2n) is 10.3. The lowest BCUT2D eigenvalue weighted by Crippen LogP contribution is -2.31. The average molecular weight is 584 g/mol. The number of hydrogen-bond donors (Lipinski definition) is 4. The van der Waals surface area contributed by atoms with Crippen LogP contribution < -0.4 is 24.4 Å². The number of ether oxygens (including phenoxy) is 3. The van der Waals surface area contributed by atoms with Gasteiger partial charge in [-0.2, -0.15) is 0 Å². The van der Waals surface area contributed by atoms with Gasteiger partial charge in [0.25, 0.3) is 11.8 Å². The van der Waals surface area contributed by atoms with E-state index < -0.39 is 0 Å². The molecule has 0 saturated heterocycles. The van der Waals surface area contributed by atoms with Crippen LogP contribution in [0.15, 0.2) is 18.2 Å². The molecule has 218 valence electrons. The number of aromatic nitrogens is 2. The van der Waals surface area contributed by atoms with Gasteiger partial charge >= 0.3 is 0 Å². The van der Waals surface area contributed by atoms with E-state index in [9.17, 15) is 14.7 Å². The number of halogens is 1. The molecule has 1 atom stereocenters. The minimum atomic E-state index is -0.321. The number of phenols is 1. The van der Waals surface area contributed by atoms with Gasteiger partial charge in [-0.3, -0.25) is 9.59 Å². The summed E-state index contributed by atoms with van der Waals surface area (Å²) in [6, 6.07) is 5.04. The van der Waals surface area contributed by atoms with Crippen molar-refractivity contribution in [1.29, 1.82) is 0 Å². The van der Waals surface area contributed by atoms with Gasteiger partial charge in [0.2, 0.25) is 5.75 Å². The molecule has 41 heavy (non-hydrogen) atoms. The number of carbonyl (C=O) groups is 2. The van der Waals surface area contributed by atoms with Crippen LogP contribution in [0.3, 0.4) is 0 Å². The molecule has 0 aliphatic carbocycles. The highest BCUT2D eigenvalue weighted by molar-refractivity contribution is 6.20. The Morgan fingerprint density at radius 1 is 1.10 bits per heavy atom. The Morgan fingerprint density at radius 2 is 1.83 bits per heavy atom. The van der Waals surface area contributed by atoms with Crippen LogP contribution in [-0.2, 0) is 0 Å². The van der Waals surface area contributed by atoms with E-state index in [4.69, 9.17) is 25.8 Å². The van der Waals surface area contributed by atoms with Crippen LogP contribution in [0.4, 0.5) is 5.69 Å². The zero-order chi connectivity index (χ0) is 29.6. The normalized spacial score (nSPS) is 14.6. The highest BCUT2D eigenvalue weighted by Crippen LogP contribution is 2.48. The number of H-pyrrole nitrogens is 2. The van der Waals surface area contributed by atoms with E-state index >= 15 is 0 Å². The summed E-state index contributed by atoms with van der Waals surface area (Å²) >= 11 is 6.45. The molecular weight excluding hydrogens is 550 g/mol. The lowest BCUT2D eigenvalue weighted by atomic mass is 9.95. The number of aromatic hydroxyl groups is 1. The van der Waals surface area contributed by atoms with Gasteiger partial charge in [-0.25, -0.2) is 0 Å². The summed E-state index contributed by atoms with van der Waals surface area (Å²) in [6.45, 7) is 3.21. The second kappa shape index (κ2) is 11.1. The number of likely N-dealkylation sites (N-methyl/N-ethyl adjacent to an activating group) is 1. The summed E-state index contributed by atoms with van der Waals surface area (Å²) in [5.41, 5.74) is 3.64. The van der Waals surface area contributed by atoms with E-state index in [0.717, 1.165) is 5.56 Å². The molecule has 2 amide bonds. The largest absolute Gasteiger partial charge is 0.506 e. The number of nitrogens with zero attached hydrogens (tertiary/aromatic N) is 2. The standard InChI is InChI=1S/C29H34ClN5O6/c1-14-21(28(37)31-7-8-34(2)3)23-22-16(12-30)13-35(18(22)11-19(36)25(23)32-14)29(38)17-9-15-10-20(39-4)26(40-5)27(41-6)24(15)33-17/h9-11,16,32-33,36H,7-8,12-13H2,1-6H3,(H,31,37)/t16-/m1/s1. The number of alkyl halides is 1. The molecule has 12 heteroatoms. The number of amides is 2. The monoisotopic (exact) mass is 583 g/mol. The molecule has 0 bridgehead atoms. The number of aromatic amines is 2. The summed E-state index contributed by atoms with van der Waals surface area (Å²) in [7, 11) is 8.42. The minimum Gasteiger partial charge on any atom is -0.506 e. The number of benzene rings is 2.